The van der Waals surface area contributed by atoms with Gasteiger partial charge in [0, 0.05) is 6.20 Å². The highest BCUT2D eigenvalue weighted by atomic mass is 19.1. The second-order valence-electron chi connectivity index (χ2n) is 3.10. The SMILES string of the molecule is CC1=CNNN1C1=CCCC=C1F. The van der Waals surface area contributed by atoms with E-state index in [4.69, 9.17) is 0 Å². The van der Waals surface area contributed by atoms with Crippen molar-refractivity contribution in [2.45, 2.75) is 19.8 Å². The molecule has 0 spiro atoms. The Morgan fingerprint density at radius 1 is 1.38 bits per heavy atom. The topological polar surface area (TPSA) is 27.3 Å². The van der Waals surface area contributed by atoms with E-state index >= 15 is 0 Å². The van der Waals surface area contributed by atoms with E-state index in [1.165, 1.54) is 0 Å². The molecule has 1 aliphatic heterocycles. The molecule has 2 aliphatic rings. The molecule has 70 valence electrons. The zero-order valence-electron chi connectivity index (χ0n) is 7.47. The Bertz CT molecular complexity index is 304. The van der Waals surface area contributed by atoms with Gasteiger partial charge in [0.25, 0.3) is 0 Å². The second-order valence-corrected chi connectivity index (χ2v) is 3.10. The van der Waals surface area contributed by atoms with Crippen molar-refractivity contribution in [1.82, 2.24) is 16.0 Å². The molecule has 0 amide bonds. The lowest BCUT2D eigenvalue weighted by molar-refractivity contribution is 0.306. The molecular weight excluding hydrogens is 169 g/mol. The predicted octanol–water partition coefficient (Wildman–Crippen LogP) is 1.70. The summed E-state index contributed by atoms with van der Waals surface area (Å²) in [5.74, 6) is -0.157. The first-order valence-electron chi connectivity index (χ1n) is 4.33. The molecule has 2 N–H and O–H groups in total. The van der Waals surface area contributed by atoms with Crippen LogP contribution in [0.25, 0.3) is 0 Å². The van der Waals surface area contributed by atoms with Crippen LogP contribution in [0, 0.1) is 0 Å². The van der Waals surface area contributed by atoms with Crippen LogP contribution in [-0.2, 0) is 0 Å². The number of hydrazine groups is 2. The maximum Gasteiger partial charge on any atom is 0.144 e. The molecule has 0 atom stereocenters. The first-order valence-corrected chi connectivity index (χ1v) is 4.33. The van der Waals surface area contributed by atoms with E-state index in [1.54, 1.807) is 17.3 Å². The third-order valence-corrected chi connectivity index (χ3v) is 2.12. The van der Waals surface area contributed by atoms with Crippen LogP contribution < -0.4 is 11.0 Å². The minimum absolute atomic E-state index is 0.157. The largest absolute Gasteiger partial charge is 0.309 e. The Labute approximate surface area is 76.5 Å². The number of halogens is 1. The van der Waals surface area contributed by atoms with Crippen molar-refractivity contribution in [2.75, 3.05) is 0 Å². The Morgan fingerprint density at radius 3 is 2.77 bits per heavy atom. The van der Waals surface area contributed by atoms with Crippen molar-refractivity contribution in [3.8, 4) is 0 Å². The lowest BCUT2D eigenvalue weighted by Gasteiger charge is -2.23. The maximum absolute atomic E-state index is 13.3. The van der Waals surface area contributed by atoms with Gasteiger partial charge in [-0.25, -0.2) is 4.39 Å². The first-order chi connectivity index (χ1) is 6.29. The van der Waals surface area contributed by atoms with Crippen LogP contribution in [0.15, 0.2) is 35.6 Å². The molecule has 0 aromatic carbocycles. The van der Waals surface area contributed by atoms with Crippen LogP contribution in [0.2, 0.25) is 0 Å². The van der Waals surface area contributed by atoms with E-state index in [9.17, 15) is 4.39 Å². The average Bonchev–Trinajstić information content (AvgIpc) is 2.52. The zero-order chi connectivity index (χ0) is 9.26. The minimum atomic E-state index is -0.157. The van der Waals surface area contributed by atoms with E-state index in [1.807, 2.05) is 13.0 Å². The van der Waals surface area contributed by atoms with E-state index in [0.717, 1.165) is 18.5 Å². The third-order valence-electron chi connectivity index (χ3n) is 2.12. The van der Waals surface area contributed by atoms with Crippen molar-refractivity contribution in [3.05, 3.63) is 35.6 Å². The first kappa shape index (κ1) is 8.31. The van der Waals surface area contributed by atoms with Crippen LogP contribution >= 0.6 is 0 Å². The number of allylic oxidation sites excluding steroid dienone is 4. The van der Waals surface area contributed by atoms with Crippen molar-refractivity contribution in [2.24, 2.45) is 0 Å². The number of nitrogens with zero attached hydrogens (tertiary/aromatic N) is 1. The zero-order valence-corrected chi connectivity index (χ0v) is 7.47. The van der Waals surface area contributed by atoms with E-state index in [2.05, 4.69) is 11.0 Å². The molecule has 0 radical (unpaired) electrons. The van der Waals surface area contributed by atoms with Gasteiger partial charge in [-0.05, 0) is 25.8 Å². The van der Waals surface area contributed by atoms with Gasteiger partial charge in [-0.3, -0.25) is 5.01 Å². The highest BCUT2D eigenvalue weighted by Gasteiger charge is 2.19. The van der Waals surface area contributed by atoms with Crippen LogP contribution in [-0.4, -0.2) is 5.01 Å². The van der Waals surface area contributed by atoms with Crippen LogP contribution in [0.5, 0.6) is 0 Å². The molecule has 0 aromatic heterocycles. The molecule has 0 saturated heterocycles. The van der Waals surface area contributed by atoms with E-state index < -0.39 is 0 Å². The van der Waals surface area contributed by atoms with E-state index in [0.29, 0.717) is 5.70 Å². The van der Waals surface area contributed by atoms with Crippen LogP contribution in [0.1, 0.15) is 19.8 Å². The fourth-order valence-corrected chi connectivity index (χ4v) is 1.43. The highest BCUT2D eigenvalue weighted by Crippen LogP contribution is 2.25. The second kappa shape index (κ2) is 3.22. The van der Waals surface area contributed by atoms with Gasteiger partial charge in [0.1, 0.15) is 5.83 Å². The van der Waals surface area contributed by atoms with Gasteiger partial charge in [0.15, 0.2) is 0 Å². The minimum Gasteiger partial charge on any atom is -0.309 e. The number of hydrogen-bond acceptors (Lipinski definition) is 3. The van der Waals surface area contributed by atoms with Crippen molar-refractivity contribution in [3.63, 3.8) is 0 Å². The number of nitrogens with one attached hydrogen (secondary N) is 2. The Balaban J connectivity index is 2.21. The molecular formula is C9H12FN3. The summed E-state index contributed by atoms with van der Waals surface area (Å²) in [6.07, 6.45) is 6.99. The van der Waals surface area contributed by atoms with Gasteiger partial charge >= 0.3 is 0 Å². The summed E-state index contributed by atoms with van der Waals surface area (Å²) in [6, 6.07) is 0. The summed E-state index contributed by atoms with van der Waals surface area (Å²) in [5.41, 5.74) is 7.22. The summed E-state index contributed by atoms with van der Waals surface area (Å²) < 4.78 is 13.3. The van der Waals surface area contributed by atoms with Gasteiger partial charge in [0.05, 0.1) is 11.4 Å². The standard InChI is InChI=1S/C9H12FN3/c1-7-6-11-12-13(7)9-5-3-2-4-8(9)10/h4-6,11-12H,2-3H2,1H3. The molecule has 1 aliphatic carbocycles. The molecule has 0 unspecified atom stereocenters. The van der Waals surface area contributed by atoms with Crippen LogP contribution in [0.4, 0.5) is 4.39 Å². The number of hydrogen-bond donors (Lipinski definition) is 2. The summed E-state index contributed by atoms with van der Waals surface area (Å²) in [5, 5.41) is 1.70. The Kier molecular flexibility index (Phi) is 2.06. The van der Waals surface area contributed by atoms with Gasteiger partial charge in [0.2, 0.25) is 0 Å². The van der Waals surface area contributed by atoms with Gasteiger partial charge in [-0.1, -0.05) is 6.08 Å². The molecule has 0 saturated carbocycles. The van der Waals surface area contributed by atoms with Crippen LogP contribution in [0.3, 0.4) is 0 Å². The molecule has 4 heteroatoms. The van der Waals surface area contributed by atoms with Crippen molar-refractivity contribution < 1.29 is 4.39 Å². The molecule has 0 aromatic rings. The fourth-order valence-electron chi connectivity index (χ4n) is 1.43. The molecule has 13 heavy (non-hydrogen) atoms. The predicted molar refractivity (Wildman–Crippen MR) is 48.4 cm³/mol. The summed E-state index contributed by atoms with van der Waals surface area (Å²) >= 11 is 0. The average molecular weight is 181 g/mol. The molecule has 0 fully saturated rings. The quantitative estimate of drug-likeness (QED) is 0.644. The lowest BCUT2D eigenvalue weighted by atomic mass is 10.1. The van der Waals surface area contributed by atoms with Gasteiger partial charge < -0.3 is 5.43 Å². The van der Waals surface area contributed by atoms with Crippen molar-refractivity contribution >= 4 is 0 Å². The van der Waals surface area contributed by atoms with E-state index in [-0.39, 0.29) is 5.83 Å². The fraction of sp³-hybridized carbons (Fsp3) is 0.333. The van der Waals surface area contributed by atoms with Crippen molar-refractivity contribution in [1.29, 1.82) is 0 Å². The Morgan fingerprint density at radius 2 is 2.15 bits per heavy atom. The maximum atomic E-state index is 13.3. The van der Waals surface area contributed by atoms with Gasteiger partial charge in [-0.2, -0.15) is 0 Å². The summed E-state index contributed by atoms with van der Waals surface area (Å²) in [4.78, 5) is 0. The molecule has 1 heterocycles. The summed E-state index contributed by atoms with van der Waals surface area (Å²) in [6.45, 7) is 1.91. The van der Waals surface area contributed by atoms with Gasteiger partial charge in [-0.15, -0.1) is 5.53 Å². The Hall–Kier alpha value is -1.29. The smallest absolute Gasteiger partial charge is 0.144 e. The molecule has 2 rings (SSSR count). The monoisotopic (exact) mass is 181 g/mol. The third kappa shape index (κ3) is 1.45. The normalized spacial score (nSPS) is 22.0. The molecule has 0 bridgehead atoms. The summed E-state index contributed by atoms with van der Waals surface area (Å²) in [7, 11) is 0. The lowest BCUT2D eigenvalue weighted by Crippen LogP contribution is -2.36. The highest BCUT2D eigenvalue weighted by molar-refractivity contribution is 5.30. The molecule has 3 nitrogen and oxygen atoms in total. The number of rotatable bonds is 1.